The Kier molecular flexibility index (Phi) is 5.25. The third-order valence-electron chi connectivity index (χ3n) is 4.10. The summed E-state index contributed by atoms with van der Waals surface area (Å²) in [6.07, 6.45) is 1.73. The van der Waals surface area contributed by atoms with Crippen LogP contribution in [0.3, 0.4) is 0 Å². The highest BCUT2D eigenvalue weighted by molar-refractivity contribution is 7.89. The number of sulfonamides is 1. The van der Waals surface area contributed by atoms with Gasteiger partial charge in [-0.1, -0.05) is 6.92 Å². The number of aromatic nitrogens is 2. The van der Waals surface area contributed by atoms with Crippen molar-refractivity contribution >= 4 is 21.5 Å². The molecule has 2 heterocycles. The lowest BCUT2D eigenvalue weighted by Gasteiger charge is -2.32. The Morgan fingerprint density at radius 3 is 2.43 bits per heavy atom. The Hall–Kier alpha value is -1.68. The molecule has 1 N–H and O–H groups in total. The molecule has 130 valence electrons. The molecule has 0 aliphatic carbocycles. The zero-order valence-electron chi connectivity index (χ0n) is 13.7. The Balaban J connectivity index is 2.15. The number of hydrogen-bond donors (Lipinski definition) is 1. The van der Waals surface area contributed by atoms with Crippen LogP contribution in [-0.2, 0) is 23.5 Å². The van der Waals surface area contributed by atoms with Crippen molar-refractivity contribution in [2.24, 2.45) is 7.05 Å². The van der Waals surface area contributed by atoms with Crippen molar-refractivity contribution < 1.29 is 13.3 Å². The highest BCUT2D eigenvalue weighted by Gasteiger charge is 2.32. The first-order chi connectivity index (χ1) is 10.8. The summed E-state index contributed by atoms with van der Waals surface area (Å²) in [5.41, 5.74) is 0.531. The van der Waals surface area contributed by atoms with Gasteiger partial charge in [0.15, 0.2) is 0 Å². The van der Waals surface area contributed by atoms with Crippen LogP contribution in [0.1, 0.15) is 32.4 Å². The molecule has 2 rings (SSSR count). The van der Waals surface area contributed by atoms with Crippen LogP contribution in [0.2, 0.25) is 0 Å². The zero-order chi connectivity index (χ0) is 17.2. The van der Waals surface area contributed by atoms with Crippen molar-refractivity contribution in [2.45, 2.75) is 39.2 Å². The van der Waals surface area contributed by atoms with Crippen LogP contribution in [-0.4, -0.2) is 48.0 Å². The molecular formula is C13H23N5O4S. The fraction of sp³-hybridized carbons (Fsp3) is 0.769. The average Bonchev–Trinajstić information content (AvgIpc) is 2.84. The second kappa shape index (κ2) is 6.83. The molecule has 0 bridgehead atoms. The van der Waals surface area contributed by atoms with Gasteiger partial charge in [0.1, 0.15) is 5.69 Å². The first kappa shape index (κ1) is 17.7. The van der Waals surface area contributed by atoms with Gasteiger partial charge in [0, 0.05) is 26.2 Å². The van der Waals surface area contributed by atoms with E-state index in [1.54, 1.807) is 18.7 Å². The van der Waals surface area contributed by atoms with Crippen molar-refractivity contribution in [1.29, 1.82) is 0 Å². The quantitative estimate of drug-likeness (QED) is 0.603. The summed E-state index contributed by atoms with van der Waals surface area (Å²) in [7, 11) is -1.52. The Bertz CT molecular complexity index is 677. The van der Waals surface area contributed by atoms with E-state index in [2.05, 4.69) is 9.82 Å². The molecule has 0 spiro atoms. The second-order valence-corrected chi connectivity index (χ2v) is 7.68. The molecule has 1 aromatic heterocycles. The summed E-state index contributed by atoms with van der Waals surface area (Å²) in [6.45, 7) is 4.55. The summed E-state index contributed by atoms with van der Waals surface area (Å²) >= 11 is 0. The maximum Gasteiger partial charge on any atom is 0.334 e. The number of anilines is 1. The SMILES string of the molecule is CCc1nn(C)c(N2CCC(NS(=O)(=O)CC)CC2)c1[N+](=O)[O-]. The molecule has 0 aromatic carbocycles. The minimum absolute atomic E-state index is 0.0558. The molecule has 0 unspecified atom stereocenters. The van der Waals surface area contributed by atoms with Crippen LogP contribution in [0.25, 0.3) is 0 Å². The lowest BCUT2D eigenvalue weighted by Crippen LogP contribution is -2.45. The van der Waals surface area contributed by atoms with E-state index in [4.69, 9.17) is 0 Å². The highest BCUT2D eigenvalue weighted by Crippen LogP contribution is 2.33. The van der Waals surface area contributed by atoms with Gasteiger partial charge in [-0.05, 0) is 26.2 Å². The fourth-order valence-electron chi connectivity index (χ4n) is 2.88. The average molecular weight is 345 g/mol. The largest absolute Gasteiger partial charge is 0.351 e. The number of hydrogen-bond acceptors (Lipinski definition) is 6. The van der Waals surface area contributed by atoms with Crippen molar-refractivity contribution in [3.05, 3.63) is 15.8 Å². The van der Waals surface area contributed by atoms with Crippen LogP contribution in [0.4, 0.5) is 11.5 Å². The fourth-order valence-corrected chi connectivity index (χ4v) is 3.79. The molecule has 1 aliphatic heterocycles. The molecule has 10 heteroatoms. The van der Waals surface area contributed by atoms with E-state index in [1.807, 2.05) is 11.8 Å². The maximum atomic E-state index is 11.6. The number of nitrogens with one attached hydrogen (secondary N) is 1. The highest BCUT2D eigenvalue weighted by atomic mass is 32.2. The summed E-state index contributed by atoms with van der Waals surface area (Å²) in [4.78, 5) is 12.9. The van der Waals surface area contributed by atoms with E-state index in [9.17, 15) is 18.5 Å². The van der Waals surface area contributed by atoms with Gasteiger partial charge in [0.25, 0.3) is 0 Å². The molecule has 1 aliphatic rings. The van der Waals surface area contributed by atoms with E-state index in [0.29, 0.717) is 43.9 Å². The van der Waals surface area contributed by atoms with Crippen molar-refractivity contribution in [2.75, 3.05) is 23.7 Å². The monoisotopic (exact) mass is 345 g/mol. The number of nitro groups is 1. The number of rotatable bonds is 6. The lowest BCUT2D eigenvalue weighted by atomic mass is 10.1. The van der Waals surface area contributed by atoms with E-state index in [0.717, 1.165) is 0 Å². The molecule has 23 heavy (non-hydrogen) atoms. The van der Waals surface area contributed by atoms with Gasteiger partial charge in [-0.3, -0.25) is 10.1 Å². The van der Waals surface area contributed by atoms with E-state index < -0.39 is 10.0 Å². The molecule has 0 atom stereocenters. The summed E-state index contributed by atoms with van der Waals surface area (Å²) in [6, 6.07) is -0.117. The van der Waals surface area contributed by atoms with Crippen LogP contribution < -0.4 is 9.62 Å². The Morgan fingerprint density at radius 1 is 1.35 bits per heavy atom. The molecule has 9 nitrogen and oxygen atoms in total. The molecule has 1 fully saturated rings. The van der Waals surface area contributed by atoms with Crippen LogP contribution in [0.15, 0.2) is 0 Å². The van der Waals surface area contributed by atoms with Gasteiger partial charge < -0.3 is 4.90 Å². The van der Waals surface area contributed by atoms with Crippen LogP contribution >= 0.6 is 0 Å². The molecule has 1 saturated heterocycles. The van der Waals surface area contributed by atoms with Crippen LogP contribution in [0, 0.1) is 10.1 Å². The van der Waals surface area contributed by atoms with E-state index in [1.165, 1.54) is 0 Å². The smallest absolute Gasteiger partial charge is 0.334 e. The van der Waals surface area contributed by atoms with E-state index in [-0.39, 0.29) is 22.4 Å². The normalized spacial score (nSPS) is 16.7. The van der Waals surface area contributed by atoms with Crippen molar-refractivity contribution in [3.63, 3.8) is 0 Å². The number of aryl methyl sites for hydroxylation is 2. The van der Waals surface area contributed by atoms with Gasteiger partial charge in [0.2, 0.25) is 15.8 Å². The van der Waals surface area contributed by atoms with Crippen molar-refractivity contribution in [1.82, 2.24) is 14.5 Å². The number of nitrogens with zero attached hydrogens (tertiary/aromatic N) is 4. The minimum Gasteiger partial charge on any atom is -0.351 e. The third-order valence-corrected chi connectivity index (χ3v) is 5.55. The number of piperidine rings is 1. The third kappa shape index (κ3) is 3.81. The van der Waals surface area contributed by atoms with Crippen molar-refractivity contribution in [3.8, 4) is 0 Å². The van der Waals surface area contributed by atoms with Crippen LogP contribution in [0.5, 0.6) is 0 Å². The molecule has 0 saturated carbocycles. The molecule has 0 radical (unpaired) electrons. The first-order valence-corrected chi connectivity index (χ1v) is 9.39. The Morgan fingerprint density at radius 2 is 1.96 bits per heavy atom. The second-order valence-electron chi connectivity index (χ2n) is 5.64. The van der Waals surface area contributed by atoms with Gasteiger partial charge in [0.05, 0.1) is 10.7 Å². The summed E-state index contributed by atoms with van der Waals surface area (Å²) < 4.78 is 27.5. The lowest BCUT2D eigenvalue weighted by molar-refractivity contribution is -0.384. The van der Waals surface area contributed by atoms with Gasteiger partial charge in [-0.25, -0.2) is 17.8 Å². The maximum absolute atomic E-state index is 11.6. The predicted octanol–water partition coefficient (Wildman–Crippen LogP) is 0.799. The van der Waals surface area contributed by atoms with E-state index >= 15 is 0 Å². The molecule has 1 aromatic rings. The molecule has 0 amide bonds. The summed E-state index contributed by atoms with van der Waals surface area (Å²) in [5, 5.41) is 15.6. The molecular weight excluding hydrogens is 322 g/mol. The Labute approximate surface area is 135 Å². The van der Waals surface area contributed by atoms with Gasteiger partial charge in [-0.2, -0.15) is 5.10 Å². The predicted molar refractivity (Wildman–Crippen MR) is 87.1 cm³/mol. The standard InChI is InChI=1S/C13H23N5O4S/c1-4-11-12(18(19)20)13(16(3)14-11)17-8-6-10(7-9-17)15-23(21,22)5-2/h10,15H,4-9H2,1-3H3. The van der Waals surface area contributed by atoms with Gasteiger partial charge >= 0.3 is 5.69 Å². The minimum atomic E-state index is -3.23. The first-order valence-electron chi connectivity index (χ1n) is 7.74. The van der Waals surface area contributed by atoms with Gasteiger partial charge in [-0.15, -0.1) is 0 Å². The zero-order valence-corrected chi connectivity index (χ0v) is 14.5. The topological polar surface area (TPSA) is 110 Å². The summed E-state index contributed by atoms with van der Waals surface area (Å²) in [5.74, 6) is 0.559.